The Labute approximate surface area is 84.7 Å². The molecule has 0 amide bonds. The molecular weight excluding hydrogens is 221 g/mol. The second-order valence-electron chi connectivity index (χ2n) is 2.51. The molecule has 0 unspecified atom stereocenters. The minimum atomic E-state index is -4.69. The summed E-state index contributed by atoms with van der Waals surface area (Å²) in [6.07, 6.45) is -3.05. The van der Waals surface area contributed by atoms with Gasteiger partial charge in [-0.25, -0.2) is 4.79 Å². The highest BCUT2D eigenvalue weighted by molar-refractivity contribution is 6.31. The molecule has 0 aromatic rings. The van der Waals surface area contributed by atoms with Gasteiger partial charge in [-0.3, -0.25) is 0 Å². The quantitative estimate of drug-likeness (QED) is 0.422. The second kappa shape index (κ2) is 5.90. The number of alkyl halides is 3. The molecule has 0 aliphatic rings. The predicted molar refractivity (Wildman–Crippen MR) is 45.9 cm³/mol. The van der Waals surface area contributed by atoms with Gasteiger partial charge in [-0.15, -0.1) is 0 Å². The van der Waals surface area contributed by atoms with Crippen molar-refractivity contribution in [2.75, 3.05) is 6.61 Å². The first-order chi connectivity index (χ1) is 6.38. The molecule has 0 aromatic carbocycles. The third-order valence-electron chi connectivity index (χ3n) is 1.26. The summed E-state index contributed by atoms with van der Waals surface area (Å²) in [5.74, 6) is -1.07. The van der Waals surface area contributed by atoms with Crippen LogP contribution in [-0.4, -0.2) is 18.8 Å². The molecule has 0 spiro atoms. The van der Waals surface area contributed by atoms with Crippen molar-refractivity contribution < 1.29 is 22.7 Å². The summed E-state index contributed by atoms with van der Waals surface area (Å²) >= 11 is 4.80. The maximum atomic E-state index is 11.8. The van der Waals surface area contributed by atoms with E-state index in [2.05, 4.69) is 4.74 Å². The number of carbonyl (C=O) groups is 1. The first kappa shape index (κ1) is 13.3. The van der Waals surface area contributed by atoms with Gasteiger partial charge in [0.2, 0.25) is 0 Å². The van der Waals surface area contributed by atoms with E-state index in [0.29, 0.717) is 6.42 Å². The average molecular weight is 231 g/mol. The summed E-state index contributed by atoms with van der Waals surface area (Å²) < 4.78 is 39.8. The summed E-state index contributed by atoms with van der Waals surface area (Å²) in [5.41, 5.74) is 0. The van der Waals surface area contributed by atoms with Gasteiger partial charge >= 0.3 is 12.1 Å². The number of rotatable bonds is 4. The first-order valence-corrected chi connectivity index (χ1v) is 4.37. The molecule has 2 nitrogen and oxygen atoms in total. The largest absolute Gasteiger partial charge is 0.462 e. The fourth-order valence-corrected chi connectivity index (χ4v) is 0.633. The number of carbonyl (C=O) groups excluding carboxylic acids is 1. The predicted octanol–water partition coefficient (Wildman–Crippen LogP) is 3.01. The van der Waals surface area contributed by atoms with Crippen LogP contribution in [0.1, 0.15) is 19.8 Å². The van der Waals surface area contributed by atoms with Gasteiger partial charge in [0.05, 0.1) is 6.61 Å². The van der Waals surface area contributed by atoms with Gasteiger partial charge in [-0.1, -0.05) is 24.9 Å². The number of allylic oxidation sites excluding steroid dienone is 1. The molecule has 0 N–H and O–H groups in total. The molecule has 0 saturated heterocycles. The molecule has 0 saturated carbocycles. The van der Waals surface area contributed by atoms with Crippen LogP contribution in [-0.2, 0) is 9.53 Å². The summed E-state index contributed by atoms with van der Waals surface area (Å²) in [4.78, 5) is 10.7. The Hall–Kier alpha value is -0.710. The maximum absolute atomic E-state index is 11.8. The summed E-state index contributed by atoms with van der Waals surface area (Å²) in [5, 5.41) is -1.47. The lowest BCUT2D eigenvalue weighted by Crippen LogP contribution is -2.11. The first-order valence-electron chi connectivity index (χ1n) is 3.99. The van der Waals surface area contributed by atoms with E-state index < -0.39 is 17.2 Å². The molecule has 6 heteroatoms. The highest BCUT2D eigenvalue weighted by Gasteiger charge is 2.33. The summed E-state index contributed by atoms with van der Waals surface area (Å²) in [6, 6.07) is 0. The smallest absolute Gasteiger partial charge is 0.427 e. The van der Waals surface area contributed by atoms with Crippen molar-refractivity contribution in [2.24, 2.45) is 0 Å². The number of hydrogen-bond acceptors (Lipinski definition) is 2. The van der Waals surface area contributed by atoms with E-state index in [1.54, 1.807) is 0 Å². The average Bonchev–Trinajstić information content (AvgIpc) is 2.03. The Bertz CT molecular complexity index is 223. The zero-order chi connectivity index (χ0) is 11.2. The van der Waals surface area contributed by atoms with Crippen molar-refractivity contribution in [1.82, 2.24) is 0 Å². The molecule has 14 heavy (non-hydrogen) atoms. The lowest BCUT2D eigenvalue weighted by molar-refractivity contribution is -0.138. The van der Waals surface area contributed by atoms with E-state index >= 15 is 0 Å². The Morgan fingerprint density at radius 2 is 2.07 bits per heavy atom. The van der Waals surface area contributed by atoms with Gasteiger partial charge in [0.15, 0.2) is 0 Å². The molecule has 0 bridgehead atoms. The minimum Gasteiger partial charge on any atom is -0.462 e. The number of ether oxygens (including phenoxy) is 1. The molecule has 0 radical (unpaired) electrons. The van der Waals surface area contributed by atoms with Crippen LogP contribution >= 0.6 is 11.6 Å². The van der Waals surface area contributed by atoms with Crippen LogP contribution < -0.4 is 0 Å². The van der Waals surface area contributed by atoms with Gasteiger partial charge in [0.25, 0.3) is 0 Å². The van der Waals surface area contributed by atoms with Gasteiger partial charge in [-0.05, 0) is 6.42 Å². The minimum absolute atomic E-state index is 0.105. The van der Waals surface area contributed by atoms with Crippen LogP contribution in [0.3, 0.4) is 0 Å². The van der Waals surface area contributed by atoms with Crippen LogP contribution in [0.5, 0.6) is 0 Å². The molecule has 0 aliphatic heterocycles. The molecule has 0 atom stereocenters. The van der Waals surface area contributed by atoms with Crippen molar-refractivity contribution in [3.05, 3.63) is 11.1 Å². The van der Waals surface area contributed by atoms with Crippen molar-refractivity contribution in [3.63, 3.8) is 0 Å². The fourth-order valence-electron chi connectivity index (χ4n) is 0.544. The van der Waals surface area contributed by atoms with Gasteiger partial charge in [0.1, 0.15) is 5.03 Å². The second-order valence-corrected chi connectivity index (χ2v) is 2.92. The number of unbranched alkanes of at least 4 members (excludes halogenated alkanes) is 1. The lowest BCUT2D eigenvalue weighted by atomic mass is 10.4. The Kier molecular flexibility index (Phi) is 5.60. The Morgan fingerprint density at radius 1 is 1.50 bits per heavy atom. The van der Waals surface area contributed by atoms with Gasteiger partial charge in [-0.2, -0.15) is 13.2 Å². The van der Waals surface area contributed by atoms with Crippen LogP contribution in [0.15, 0.2) is 11.1 Å². The third kappa shape index (κ3) is 5.85. The Morgan fingerprint density at radius 3 is 2.50 bits per heavy atom. The molecule has 0 aliphatic carbocycles. The fraction of sp³-hybridized carbons (Fsp3) is 0.625. The van der Waals surface area contributed by atoms with Crippen molar-refractivity contribution in [3.8, 4) is 0 Å². The van der Waals surface area contributed by atoms with Crippen LogP contribution in [0.2, 0.25) is 0 Å². The van der Waals surface area contributed by atoms with Crippen molar-refractivity contribution in [2.45, 2.75) is 25.9 Å². The summed E-state index contributed by atoms with van der Waals surface area (Å²) in [7, 11) is 0. The van der Waals surface area contributed by atoms with Crippen LogP contribution in [0.25, 0.3) is 0 Å². The number of halogens is 4. The van der Waals surface area contributed by atoms with Gasteiger partial charge in [0, 0.05) is 6.08 Å². The molecular formula is C8H10ClF3O2. The highest BCUT2D eigenvalue weighted by atomic mass is 35.5. The normalized spacial score (nSPS) is 12.8. The topological polar surface area (TPSA) is 26.3 Å². The van der Waals surface area contributed by atoms with Crippen LogP contribution in [0.4, 0.5) is 13.2 Å². The maximum Gasteiger partial charge on any atom is 0.427 e. The SMILES string of the molecule is CCCCOC(=O)/C=C(\Cl)C(F)(F)F. The molecule has 0 rings (SSSR count). The van der Waals surface area contributed by atoms with E-state index in [1.165, 1.54) is 0 Å². The zero-order valence-electron chi connectivity index (χ0n) is 7.53. The van der Waals surface area contributed by atoms with E-state index in [-0.39, 0.29) is 12.7 Å². The van der Waals surface area contributed by atoms with E-state index in [4.69, 9.17) is 11.6 Å². The van der Waals surface area contributed by atoms with Crippen LogP contribution in [0, 0.1) is 0 Å². The zero-order valence-corrected chi connectivity index (χ0v) is 8.28. The monoisotopic (exact) mass is 230 g/mol. The molecule has 82 valence electrons. The molecule has 0 fully saturated rings. The highest BCUT2D eigenvalue weighted by Crippen LogP contribution is 2.28. The standard InChI is InChI=1S/C8H10ClF3O2/c1-2-3-4-14-7(13)5-6(9)8(10,11)12/h5H,2-4H2,1H3/b6-5-. The third-order valence-corrected chi connectivity index (χ3v) is 1.58. The Balaban J connectivity index is 4.03. The number of esters is 1. The molecule has 0 aromatic heterocycles. The molecule has 0 heterocycles. The van der Waals surface area contributed by atoms with Crippen molar-refractivity contribution in [1.29, 1.82) is 0 Å². The van der Waals surface area contributed by atoms with E-state index in [9.17, 15) is 18.0 Å². The summed E-state index contributed by atoms with van der Waals surface area (Å²) in [6.45, 7) is 1.97. The lowest BCUT2D eigenvalue weighted by Gasteiger charge is -2.04. The van der Waals surface area contributed by atoms with Crippen molar-refractivity contribution >= 4 is 17.6 Å². The van der Waals surface area contributed by atoms with E-state index in [0.717, 1.165) is 6.42 Å². The number of hydrogen-bond donors (Lipinski definition) is 0. The van der Waals surface area contributed by atoms with Gasteiger partial charge < -0.3 is 4.74 Å². The van der Waals surface area contributed by atoms with E-state index in [1.807, 2.05) is 6.92 Å².